The predicted octanol–water partition coefficient (Wildman–Crippen LogP) is -0.213. The summed E-state index contributed by atoms with van der Waals surface area (Å²) in [6.45, 7) is 2.74. The van der Waals surface area contributed by atoms with Crippen molar-refractivity contribution < 1.29 is 24.2 Å². The van der Waals surface area contributed by atoms with Crippen LogP contribution in [0.5, 0.6) is 0 Å². The number of hydrogen-bond donors (Lipinski definition) is 2. The van der Waals surface area contributed by atoms with Crippen LogP contribution in [-0.2, 0) is 19.1 Å². The summed E-state index contributed by atoms with van der Waals surface area (Å²) < 4.78 is 10.4. The molecule has 0 aliphatic carbocycles. The van der Waals surface area contributed by atoms with Crippen LogP contribution in [0.3, 0.4) is 0 Å². The molecule has 1 fully saturated rings. The van der Waals surface area contributed by atoms with Gasteiger partial charge in [0.1, 0.15) is 19.5 Å². The number of rotatable bonds is 5. The zero-order valence-corrected chi connectivity index (χ0v) is 11.3. The summed E-state index contributed by atoms with van der Waals surface area (Å²) in [5.41, 5.74) is 0. The monoisotopic (exact) mass is 284 g/mol. The number of amides is 1. The first-order chi connectivity index (χ1) is 9.66. The molecule has 0 spiro atoms. The molecule has 7 nitrogen and oxygen atoms in total. The van der Waals surface area contributed by atoms with E-state index in [9.17, 15) is 9.59 Å². The Morgan fingerprint density at radius 3 is 3.00 bits per heavy atom. The Labute approximate surface area is 117 Å². The summed E-state index contributed by atoms with van der Waals surface area (Å²) >= 11 is 0. The average molecular weight is 284 g/mol. The molecule has 1 atom stereocenters. The number of likely N-dealkylation sites (tertiary alicyclic amines) is 1. The van der Waals surface area contributed by atoms with Crippen LogP contribution in [0.1, 0.15) is 12.8 Å². The van der Waals surface area contributed by atoms with Gasteiger partial charge in [-0.15, -0.1) is 0 Å². The minimum Gasteiger partial charge on any atom is -0.494 e. The van der Waals surface area contributed by atoms with Crippen molar-refractivity contribution in [1.29, 1.82) is 0 Å². The zero-order valence-electron chi connectivity index (χ0n) is 11.3. The third-order valence-corrected chi connectivity index (χ3v) is 3.38. The maximum atomic E-state index is 12.2. The van der Waals surface area contributed by atoms with E-state index in [1.807, 2.05) is 0 Å². The van der Waals surface area contributed by atoms with Gasteiger partial charge in [-0.05, 0) is 18.8 Å². The maximum Gasteiger partial charge on any atom is 0.317 e. The summed E-state index contributed by atoms with van der Waals surface area (Å²) in [5.74, 6) is -0.480. The molecule has 112 valence electrons. The molecular weight excluding hydrogens is 264 g/mol. The largest absolute Gasteiger partial charge is 0.494 e. The Morgan fingerprint density at radius 1 is 1.45 bits per heavy atom. The van der Waals surface area contributed by atoms with Crippen LogP contribution in [0.2, 0.25) is 0 Å². The molecule has 1 saturated heterocycles. The highest BCUT2D eigenvalue weighted by molar-refractivity contribution is 5.91. The number of piperidine rings is 1. The van der Waals surface area contributed by atoms with Gasteiger partial charge in [0.05, 0.1) is 6.54 Å². The van der Waals surface area contributed by atoms with Crippen LogP contribution in [0.25, 0.3) is 0 Å². The van der Waals surface area contributed by atoms with Gasteiger partial charge in [0, 0.05) is 19.6 Å². The molecule has 0 radical (unpaired) electrons. The molecule has 7 heteroatoms. The van der Waals surface area contributed by atoms with Gasteiger partial charge in [0.25, 0.3) is 5.91 Å². The first-order valence-electron chi connectivity index (χ1n) is 6.83. The lowest BCUT2D eigenvalue weighted by Crippen LogP contribution is -2.44. The van der Waals surface area contributed by atoms with Crippen molar-refractivity contribution in [3.05, 3.63) is 12.0 Å². The van der Waals surface area contributed by atoms with E-state index >= 15 is 0 Å². The summed E-state index contributed by atoms with van der Waals surface area (Å²) in [7, 11) is 0. The van der Waals surface area contributed by atoms with Gasteiger partial charge in [-0.1, -0.05) is 0 Å². The lowest BCUT2D eigenvalue weighted by molar-refractivity contribution is -0.136. The lowest BCUT2D eigenvalue weighted by atomic mass is 9.98. The number of carboxylic acids is 1. The molecule has 0 aromatic heterocycles. The molecule has 0 aromatic carbocycles. The van der Waals surface area contributed by atoms with E-state index in [2.05, 4.69) is 5.32 Å². The molecule has 2 aliphatic heterocycles. The highest BCUT2D eigenvalue weighted by Crippen LogP contribution is 2.18. The molecule has 0 saturated carbocycles. The minimum atomic E-state index is -0.869. The lowest BCUT2D eigenvalue weighted by Gasteiger charge is -2.33. The quantitative estimate of drug-likeness (QED) is 0.726. The molecular formula is C13H20N2O5. The second-order valence-electron chi connectivity index (χ2n) is 4.99. The molecule has 2 N–H and O–H groups in total. The highest BCUT2D eigenvalue weighted by atomic mass is 16.6. The van der Waals surface area contributed by atoms with E-state index < -0.39 is 5.97 Å². The summed E-state index contributed by atoms with van der Waals surface area (Å²) in [4.78, 5) is 24.4. The van der Waals surface area contributed by atoms with E-state index in [4.69, 9.17) is 14.6 Å². The third-order valence-electron chi connectivity index (χ3n) is 3.38. The zero-order chi connectivity index (χ0) is 14.4. The average Bonchev–Trinajstić information content (AvgIpc) is 2.47. The number of hydrogen-bond acceptors (Lipinski definition) is 5. The smallest absolute Gasteiger partial charge is 0.317 e. The molecule has 2 aliphatic rings. The first kappa shape index (κ1) is 14.6. The fourth-order valence-corrected chi connectivity index (χ4v) is 2.44. The van der Waals surface area contributed by atoms with E-state index in [1.165, 1.54) is 6.26 Å². The van der Waals surface area contributed by atoms with Gasteiger partial charge in [0.15, 0.2) is 0 Å². The van der Waals surface area contributed by atoms with Crippen molar-refractivity contribution in [2.24, 2.45) is 5.92 Å². The second kappa shape index (κ2) is 7.14. The van der Waals surface area contributed by atoms with Gasteiger partial charge in [-0.3, -0.25) is 9.59 Å². The van der Waals surface area contributed by atoms with Gasteiger partial charge in [0.2, 0.25) is 5.76 Å². The number of ether oxygens (including phenoxy) is 2. The topological polar surface area (TPSA) is 88.1 Å². The van der Waals surface area contributed by atoms with Crippen molar-refractivity contribution in [3.8, 4) is 0 Å². The molecule has 0 bridgehead atoms. The van der Waals surface area contributed by atoms with Crippen LogP contribution in [-0.4, -0.2) is 61.3 Å². The summed E-state index contributed by atoms with van der Waals surface area (Å²) in [6, 6.07) is 0. The summed E-state index contributed by atoms with van der Waals surface area (Å²) in [6.07, 6.45) is 3.28. The maximum absolute atomic E-state index is 12.2. The van der Waals surface area contributed by atoms with Crippen molar-refractivity contribution in [2.75, 3.05) is 39.4 Å². The number of carboxylic acid groups (broad SMARTS) is 1. The van der Waals surface area contributed by atoms with E-state index in [-0.39, 0.29) is 24.1 Å². The molecule has 2 heterocycles. The van der Waals surface area contributed by atoms with Gasteiger partial charge >= 0.3 is 5.97 Å². The Balaban J connectivity index is 1.81. The van der Waals surface area contributed by atoms with Crippen molar-refractivity contribution in [2.45, 2.75) is 12.8 Å². The number of aliphatic carboxylic acids is 1. The molecule has 1 amide bonds. The number of carbonyl (C=O) groups excluding carboxylic acids is 1. The van der Waals surface area contributed by atoms with Crippen LogP contribution in [0.4, 0.5) is 0 Å². The standard InChI is InChI=1S/C13H20N2O5/c16-12(17)7-14-6-10-2-1-3-15(8-10)13(18)11-9-19-4-5-20-11/h9-10,14H,1-8H2,(H,16,17). The molecule has 2 rings (SSSR count). The van der Waals surface area contributed by atoms with Gasteiger partial charge < -0.3 is 24.8 Å². The molecule has 1 unspecified atom stereocenters. The van der Waals surface area contributed by atoms with Crippen molar-refractivity contribution in [3.63, 3.8) is 0 Å². The first-order valence-corrected chi connectivity index (χ1v) is 6.83. The third kappa shape index (κ3) is 4.12. The number of nitrogens with one attached hydrogen (secondary N) is 1. The van der Waals surface area contributed by atoms with Gasteiger partial charge in [-0.2, -0.15) is 0 Å². The summed E-state index contributed by atoms with van der Waals surface area (Å²) in [5, 5.41) is 11.5. The number of carbonyl (C=O) groups is 2. The van der Waals surface area contributed by atoms with Crippen LogP contribution >= 0.6 is 0 Å². The van der Waals surface area contributed by atoms with Crippen LogP contribution in [0, 0.1) is 5.92 Å². The highest BCUT2D eigenvalue weighted by Gasteiger charge is 2.27. The Bertz CT molecular complexity index is 396. The van der Waals surface area contributed by atoms with Crippen molar-refractivity contribution in [1.82, 2.24) is 10.2 Å². The van der Waals surface area contributed by atoms with E-state index in [0.29, 0.717) is 32.8 Å². The van der Waals surface area contributed by atoms with Crippen LogP contribution < -0.4 is 5.32 Å². The SMILES string of the molecule is O=C(O)CNCC1CCCN(C(=O)C2=COCCO2)C1. The Hall–Kier alpha value is -1.76. The van der Waals surface area contributed by atoms with Crippen LogP contribution in [0.15, 0.2) is 12.0 Å². The minimum absolute atomic E-state index is 0.0491. The Kier molecular flexibility index (Phi) is 5.23. The van der Waals surface area contributed by atoms with Gasteiger partial charge in [-0.25, -0.2) is 0 Å². The fourth-order valence-electron chi connectivity index (χ4n) is 2.44. The Morgan fingerprint density at radius 2 is 2.30 bits per heavy atom. The number of nitrogens with zero attached hydrogens (tertiary/aromatic N) is 1. The van der Waals surface area contributed by atoms with E-state index in [1.54, 1.807) is 4.90 Å². The van der Waals surface area contributed by atoms with E-state index in [0.717, 1.165) is 12.8 Å². The normalized spacial score (nSPS) is 22.5. The fraction of sp³-hybridized carbons (Fsp3) is 0.692. The molecule has 20 heavy (non-hydrogen) atoms. The van der Waals surface area contributed by atoms with Crippen molar-refractivity contribution >= 4 is 11.9 Å². The predicted molar refractivity (Wildman–Crippen MR) is 69.8 cm³/mol. The molecule has 0 aromatic rings. The second-order valence-corrected chi connectivity index (χ2v) is 4.99.